The zero-order chi connectivity index (χ0) is 11.2. The molecule has 0 atom stereocenters. The predicted molar refractivity (Wildman–Crippen MR) is 61.2 cm³/mol. The molecule has 0 amide bonds. The van der Waals surface area contributed by atoms with E-state index in [1.54, 1.807) is 12.4 Å². The maximum absolute atomic E-state index is 10.2. The summed E-state index contributed by atoms with van der Waals surface area (Å²) in [5.74, 6) is 0.688. The van der Waals surface area contributed by atoms with Crippen molar-refractivity contribution in [1.29, 1.82) is 0 Å². The van der Waals surface area contributed by atoms with E-state index in [0.29, 0.717) is 5.75 Å². The van der Waals surface area contributed by atoms with Crippen molar-refractivity contribution in [2.24, 2.45) is 0 Å². The van der Waals surface area contributed by atoms with Crippen LogP contribution in [-0.2, 0) is 4.79 Å². The fourth-order valence-electron chi connectivity index (χ4n) is 1.43. The van der Waals surface area contributed by atoms with Gasteiger partial charge in [-0.15, -0.1) is 0 Å². The summed E-state index contributed by atoms with van der Waals surface area (Å²) in [7, 11) is 0. The van der Waals surface area contributed by atoms with E-state index in [4.69, 9.17) is 4.74 Å². The number of hydrogen-bond donors (Lipinski definition) is 0. The van der Waals surface area contributed by atoms with Crippen LogP contribution >= 0.6 is 0 Å². The van der Waals surface area contributed by atoms with Gasteiger partial charge in [0.05, 0.1) is 0 Å². The van der Waals surface area contributed by atoms with Crippen molar-refractivity contribution in [3.63, 3.8) is 0 Å². The topological polar surface area (TPSA) is 39.2 Å². The third-order valence-corrected chi connectivity index (χ3v) is 2.15. The minimum atomic E-state index is 0.0799. The van der Waals surface area contributed by atoms with E-state index in [1.807, 2.05) is 36.4 Å². The summed E-state index contributed by atoms with van der Waals surface area (Å²) in [5.41, 5.74) is 2.05. The Bertz CT molecular complexity index is 468. The molecule has 1 heterocycles. The third kappa shape index (κ3) is 2.45. The molecular formula is C13H11NO2. The highest BCUT2D eigenvalue weighted by Crippen LogP contribution is 2.22. The van der Waals surface area contributed by atoms with Crippen LogP contribution in [0.15, 0.2) is 48.8 Å². The van der Waals surface area contributed by atoms with Gasteiger partial charge in [-0.3, -0.25) is 9.78 Å². The van der Waals surface area contributed by atoms with Gasteiger partial charge in [-0.1, -0.05) is 18.2 Å². The molecule has 16 heavy (non-hydrogen) atoms. The SMILES string of the molecule is O=CCOc1cccc(-c2cccnc2)c1. The van der Waals surface area contributed by atoms with Crippen molar-refractivity contribution in [3.8, 4) is 16.9 Å². The summed E-state index contributed by atoms with van der Waals surface area (Å²) in [4.78, 5) is 14.3. The number of pyridine rings is 1. The van der Waals surface area contributed by atoms with Crippen molar-refractivity contribution in [2.75, 3.05) is 6.61 Å². The molecule has 2 rings (SSSR count). The lowest BCUT2D eigenvalue weighted by Gasteiger charge is -2.05. The Morgan fingerprint density at radius 3 is 2.81 bits per heavy atom. The molecule has 3 heteroatoms. The van der Waals surface area contributed by atoms with Gasteiger partial charge in [-0.25, -0.2) is 0 Å². The number of carbonyl (C=O) groups excluding carboxylic acids is 1. The molecule has 1 aromatic heterocycles. The number of hydrogen-bond acceptors (Lipinski definition) is 3. The highest BCUT2D eigenvalue weighted by molar-refractivity contribution is 5.64. The third-order valence-electron chi connectivity index (χ3n) is 2.15. The Morgan fingerprint density at radius 1 is 1.19 bits per heavy atom. The van der Waals surface area contributed by atoms with Crippen LogP contribution in [-0.4, -0.2) is 17.9 Å². The first-order valence-electron chi connectivity index (χ1n) is 4.97. The summed E-state index contributed by atoms with van der Waals surface area (Å²) in [5, 5.41) is 0. The average molecular weight is 213 g/mol. The molecule has 0 bridgehead atoms. The van der Waals surface area contributed by atoms with Gasteiger partial charge in [-0.05, 0) is 23.8 Å². The standard InChI is InChI=1S/C13H11NO2/c15-7-8-16-13-5-1-3-11(9-13)12-4-2-6-14-10-12/h1-7,9-10H,8H2. The lowest BCUT2D eigenvalue weighted by molar-refractivity contribution is -0.109. The first-order valence-corrected chi connectivity index (χ1v) is 4.97. The number of rotatable bonds is 4. The van der Waals surface area contributed by atoms with Crippen LogP contribution in [0.3, 0.4) is 0 Å². The Kier molecular flexibility index (Phi) is 3.28. The lowest BCUT2D eigenvalue weighted by Crippen LogP contribution is -1.97. The summed E-state index contributed by atoms with van der Waals surface area (Å²) >= 11 is 0. The van der Waals surface area contributed by atoms with Crippen LogP contribution in [0.5, 0.6) is 5.75 Å². The smallest absolute Gasteiger partial charge is 0.157 e. The van der Waals surface area contributed by atoms with Crippen LogP contribution < -0.4 is 4.74 Å². The van der Waals surface area contributed by atoms with Gasteiger partial charge in [0, 0.05) is 18.0 Å². The number of aromatic nitrogens is 1. The van der Waals surface area contributed by atoms with Crippen molar-refractivity contribution in [1.82, 2.24) is 4.98 Å². The molecule has 0 aliphatic heterocycles. The number of benzene rings is 1. The van der Waals surface area contributed by atoms with Crippen molar-refractivity contribution in [2.45, 2.75) is 0 Å². The first-order chi connectivity index (χ1) is 7.90. The largest absolute Gasteiger partial charge is 0.486 e. The number of carbonyl (C=O) groups is 1. The van der Waals surface area contributed by atoms with E-state index in [-0.39, 0.29) is 6.61 Å². The van der Waals surface area contributed by atoms with Crippen molar-refractivity contribution >= 4 is 6.29 Å². The Labute approximate surface area is 93.7 Å². The second-order valence-corrected chi connectivity index (χ2v) is 3.25. The summed E-state index contributed by atoms with van der Waals surface area (Å²) in [6, 6.07) is 11.4. The fourth-order valence-corrected chi connectivity index (χ4v) is 1.43. The highest BCUT2D eigenvalue weighted by Gasteiger charge is 1.99. The van der Waals surface area contributed by atoms with E-state index in [0.717, 1.165) is 17.4 Å². The van der Waals surface area contributed by atoms with Gasteiger partial charge in [-0.2, -0.15) is 0 Å². The Morgan fingerprint density at radius 2 is 2.06 bits per heavy atom. The zero-order valence-corrected chi connectivity index (χ0v) is 8.67. The van der Waals surface area contributed by atoms with Gasteiger partial charge in [0.15, 0.2) is 6.29 Å². The number of nitrogens with zero attached hydrogens (tertiary/aromatic N) is 1. The molecule has 0 aliphatic rings. The maximum Gasteiger partial charge on any atom is 0.157 e. The molecule has 1 aromatic carbocycles. The normalized spacial score (nSPS) is 9.75. The Balaban J connectivity index is 2.25. The molecule has 0 saturated heterocycles. The van der Waals surface area contributed by atoms with E-state index < -0.39 is 0 Å². The van der Waals surface area contributed by atoms with Crippen LogP contribution in [0.2, 0.25) is 0 Å². The van der Waals surface area contributed by atoms with E-state index in [1.165, 1.54) is 0 Å². The summed E-state index contributed by atoms with van der Waals surface area (Å²) in [6.45, 7) is 0.0799. The molecule has 80 valence electrons. The molecule has 3 nitrogen and oxygen atoms in total. The molecule has 0 spiro atoms. The van der Waals surface area contributed by atoms with E-state index in [9.17, 15) is 4.79 Å². The fraction of sp³-hybridized carbons (Fsp3) is 0.0769. The number of ether oxygens (including phenoxy) is 1. The van der Waals surface area contributed by atoms with Crippen molar-refractivity contribution < 1.29 is 9.53 Å². The quantitative estimate of drug-likeness (QED) is 0.732. The van der Waals surface area contributed by atoms with E-state index >= 15 is 0 Å². The van der Waals surface area contributed by atoms with Crippen LogP contribution in [0.25, 0.3) is 11.1 Å². The monoisotopic (exact) mass is 213 g/mol. The zero-order valence-electron chi connectivity index (χ0n) is 8.67. The molecule has 0 fully saturated rings. The Hall–Kier alpha value is -2.16. The molecule has 0 radical (unpaired) electrons. The van der Waals surface area contributed by atoms with Crippen molar-refractivity contribution in [3.05, 3.63) is 48.8 Å². The van der Waals surface area contributed by atoms with Crippen LogP contribution in [0.1, 0.15) is 0 Å². The second kappa shape index (κ2) is 5.07. The lowest BCUT2D eigenvalue weighted by atomic mass is 10.1. The van der Waals surface area contributed by atoms with Gasteiger partial charge < -0.3 is 4.74 Å². The van der Waals surface area contributed by atoms with E-state index in [2.05, 4.69) is 4.98 Å². The average Bonchev–Trinajstić information content (AvgIpc) is 2.38. The van der Waals surface area contributed by atoms with Gasteiger partial charge in [0.1, 0.15) is 12.4 Å². The maximum atomic E-state index is 10.2. The van der Waals surface area contributed by atoms with Gasteiger partial charge in [0.2, 0.25) is 0 Å². The van der Waals surface area contributed by atoms with Crippen LogP contribution in [0, 0.1) is 0 Å². The minimum Gasteiger partial charge on any atom is -0.486 e. The second-order valence-electron chi connectivity index (χ2n) is 3.25. The summed E-state index contributed by atoms with van der Waals surface area (Å²) in [6.07, 6.45) is 4.26. The predicted octanol–water partition coefficient (Wildman–Crippen LogP) is 2.33. The van der Waals surface area contributed by atoms with Crippen LogP contribution in [0.4, 0.5) is 0 Å². The van der Waals surface area contributed by atoms with Gasteiger partial charge in [0.25, 0.3) is 0 Å². The molecule has 0 unspecified atom stereocenters. The molecule has 0 aliphatic carbocycles. The molecular weight excluding hydrogens is 202 g/mol. The number of aldehydes is 1. The minimum absolute atomic E-state index is 0.0799. The molecule has 0 saturated carbocycles. The first kappa shape index (κ1) is 10.4. The molecule has 0 N–H and O–H groups in total. The highest BCUT2D eigenvalue weighted by atomic mass is 16.5. The molecule has 2 aromatic rings. The van der Waals surface area contributed by atoms with Gasteiger partial charge >= 0.3 is 0 Å². The summed E-state index contributed by atoms with van der Waals surface area (Å²) < 4.78 is 5.23.